The monoisotopic (exact) mass is 196 g/mol. The molecule has 1 unspecified atom stereocenters. The molecule has 1 aliphatic rings. The number of halogens is 1. The predicted molar refractivity (Wildman–Crippen MR) is 57.1 cm³/mol. The van der Waals surface area contributed by atoms with Crippen molar-refractivity contribution in [2.24, 2.45) is 5.92 Å². The van der Waals surface area contributed by atoms with Crippen molar-refractivity contribution >= 4 is 24.2 Å². The van der Waals surface area contributed by atoms with Crippen LogP contribution in [-0.4, -0.2) is 0 Å². The molecule has 0 nitrogen and oxygen atoms in total. The number of hydrogen-bond acceptors (Lipinski definition) is 1. The predicted octanol–water partition coefficient (Wildman–Crippen LogP) is 3.13. The molecule has 0 radical (unpaired) electrons. The Morgan fingerprint density at radius 1 is 1.42 bits per heavy atom. The summed E-state index contributed by atoms with van der Waals surface area (Å²) in [6.07, 6.45) is 7.76. The van der Waals surface area contributed by atoms with Gasteiger partial charge in [-0.25, -0.2) is 0 Å². The summed E-state index contributed by atoms with van der Waals surface area (Å²) in [7, 11) is 0. The van der Waals surface area contributed by atoms with Crippen LogP contribution in [0.4, 0.5) is 0 Å². The third-order valence-corrected chi connectivity index (χ3v) is 1.85. The second kappa shape index (κ2) is 4.45. The largest absolute Gasteiger partial charge is 0.0918 e. The molecule has 0 bridgehead atoms. The first-order valence-corrected chi connectivity index (χ1v) is 4.47. The first kappa shape index (κ1) is 9.51. The fourth-order valence-electron chi connectivity index (χ4n) is 1.01. The van der Waals surface area contributed by atoms with Crippen LogP contribution in [0.1, 0.15) is 6.92 Å². The van der Waals surface area contributed by atoms with Crippen LogP contribution in [0.25, 0.3) is 0 Å². The van der Waals surface area contributed by atoms with Crippen LogP contribution in [0.15, 0.2) is 34.9 Å². The van der Waals surface area contributed by atoms with Crippen LogP contribution in [0.3, 0.4) is 0 Å². The minimum absolute atomic E-state index is 0.330. The molecule has 0 aliphatic heterocycles. The van der Waals surface area contributed by atoms with Gasteiger partial charge in [-0.15, -0.1) is 0 Å². The van der Waals surface area contributed by atoms with Gasteiger partial charge in [-0.3, -0.25) is 0 Å². The average molecular weight is 197 g/mol. The summed E-state index contributed by atoms with van der Waals surface area (Å²) in [4.78, 5) is 0. The van der Waals surface area contributed by atoms with E-state index in [0.717, 1.165) is 10.6 Å². The van der Waals surface area contributed by atoms with E-state index in [2.05, 4.69) is 36.8 Å². The Morgan fingerprint density at radius 3 is 2.83 bits per heavy atom. The van der Waals surface area contributed by atoms with Crippen molar-refractivity contribution in [3.63, 3.8) is 0 Å². The Kier molecular flexibility index (Phi) is 3.52. The van der Waals surface area contributed by atoms with Gasteiger partial charge in [0.1, 0.15) is 0 Å². The van der Waals surface area contributed by atoms with Crippen molar-refractivity contribution in [2.45, 2.75) is 6.92 Å². The number of allylic oxidation sites excluding steroid dienone is 6. The van der Waals surface area contributed by atoms with E-state index in [9.17, 15) is 0 Å². The topological polar surface area (TPSA) is 0 Å². The lowest BCUT2D eigenvalue weighted by Crippen LogP contribution is -1.83. The van der Waals surface area contributed by atoms with Crippen LogP contribution in [0.5, 0.6) is 0 Å². The van der Waals surface area contributed by atoms with Crippen molar-refractivity contribution in [2.75, 3.05) is 0 Å². The van der Waals surface area contributed by atoms with E-state index < -0.39 is 0 Å². The average Bonchev–Trinajstić information content (AvgIpc) is 2.13. The van der Waals surface area contributed by atoms with Gasteiger partial charge in [0.2, 0.25) is 0 Å². The molecule has 0 N–H and O–H groups in total. The van der Waals surface area contributed by atoms with E-state index in [1.54, 1.807) is 0 Å². The van der Waals surface area contributed by atoms with Gasteiger partial charge in [0.05, 0.1) is 0 Å². The summed E-state index contributed by atoms with van der Waals surface area (Å²) < 4.78 is 0. The molecule has 12 heavy (non-hydrogen) atoms. The van der Waals surface area contributed by atoms with Gasteiger partial charge in [0.25, 0.3) is 0 Å². The zero-order valence-electron chi connectivity index (χ0n) is 6.71. The van der Waals surface area contributed by atoms with Crippen LogP contribution in [0, 0.1) is 17.1 Å². The first-order valence-electron chi connectivity index (χ1n) is 3.64. The second-order valence-corrected chi connectivity index (χ2v) is 3.26. The van der Waals surface area contributed by atoms with Gasteiger partial charge in [-0.2, -0.15) is 0 Å². The maximum absolute atomic E-state index is 5.86. The highest BCUT2D eigenvalue weighted by Gasteiger charge is 2.00. The van der Waals surface area contributed by atoms with Gasteiger partial charge < -0.3 is 0 Å². The molecule has 0 fully saturated rings. The summed E-state index contributed by atoms with van der Waals surface area (Å²) in [6.45, 7) is 2.07. The normalized spacial score (nSPS) is 21.8. The molecule has 0 saturated heterocycles. The zero-order chi connectivity index (χ0) is 8.97. The van der Waals surface area contributed by atoms with E-state index in [1.807, 2.05) is 18.2 Å². The van der Waals surface area contributed by atoms with Crippen LogP contribution in [-0.2, 0) is 0 Å². The molecule has 0 aromatic rings. The number of hydrogen-bond donors (Lipinski definition) is 1. The Morgan fingerprint density at radius 2 is 2.17 bits per heavy atom. The fraction of sp³-hybridized carbons (Fsp3) is 0.200. The molecule has 0 aromatic carbocycles. The van der Waals surface area contributed by atoms with Crippen molar-refractivity contribution in [3.05, 3.63) is 34.9 Å². The minimum atomic E-state index is 0.330. The van der Waals surface area contributed by atoms with Gasteiger partial charge in [0, 0.05) is 10.6 Å². The lowest BCUT2D eigenvalue weighted by atomic mass is 10.1. The summed E-state index contributed by atoms with van der Waals surface area (Å²) in [6, 6.07) is 0. The lowest BCUT2D eigenvalue weighted by molar-refractivity contribution is 0.936. The second-order valence-electron chi connectivity index (χ2n) is 2.60. The molecule has 0 aromatic heterocycles. The van der Waals surface area contributed by atoms with Gasteiger partial charge >= 0.3 is 0 Å². The van der Waals surface area contributed by atoms with Crippen molar-refractivity contribution in [1.82, 2.24) is 0 Å². The van der Waals surface area contributed by atoms with Crippen LogP contribution in [0.2, 0.25) is 0 Å². The summed E-state index contributed by atoms with van der Waals surface area (Å²) in [5, 5.41) is 3.32. The van der Waals surface area contributed by atoms with Crippen molar-refractivity contribution < 1.29 is 0 Å². The molecule has 1 rings (SSSR count). The van der Waals surface area contributed by atoms with Crippen LogP contribution >= 0.6 is 24.2 Å². The Hall–Kier alpha value is -0.580. The van der Waals surface area contributed by atoms with Gasteiger partial charge in [-0.05, 0) is 23.3 Å². The van der Waals surface area contributed by atoms with Crippen molar-refractivity contribution in [1.29, 1.82) is 0 Å². The Labute approximate surface area is 83.4 Å². The number of rotatable bonds is 0. The standard InChI is InChI=1S/C10H9ClS/c1-8-6-9(4-5-12)2-3-10(11)7-8/h2-3,6-8,12H,1H3. The molecule has 0 saturated carbocycles. The highest BCUT2D eigenvalue weighted by atomic mass is 35.5. The summed E-state index contributed by atoms with van der Waals surface area (Å²) in [5.41, 5.74) is 0.962. The Balaban J connectivity index is 2.92. The minimum Gasteiger partial charge on any atom is -0.0918 e. The molecule has 1 atom stereocenters. The van der Waals surface area contributed by atoms with E-state index in [4.69, 9.17) is 11.6 Å². The highest BCUT2D eigenvalue weighted by molar-refractivity contribution is 7.85. The smallest absolute Gasteiger partial charge is 0.0372 e. The maximum atomic E-state index is 5.86. The van der Waals surface area contributed by atoms with E-state index in [0.29, 0.717) is 5.92 Å². The molecule has 2 heteroatoms. The molecule has 62 valence electrons. The highest BCUT2D eigenvalue weighted by Crippen LogP contribution is 2.17. The number of thiol groups is 1. The molecule has 0 spiro atoms. The maximum Gasteiger partial charge on any atom is 0.0372 e. The van der Waals surface area contributed by atoms with E-state index in [1.165, 1.54) is 0 Å². The quantitative estimate of drug-likeness (QED) is 0.447. The third-order valence-electron chi connectivity index (χ3n) is 1.49. The van der Waals surface area contributed by atoms with Crippen LogP contribution < -0.4 is 0 Å². The zero-order valence-corrected chi connectivity index (χ0v) is 8.36. The molecular formula is C10H9ClS. The molecule has 0 heterocycles. The first-order chi connectivity index (χ1) is 5.72. The molecular weight excluding hydrogens is 188 g/mol. The van der Waals surface area contributed by atoms with E-state index >= 15 is 0 Å². The molecule has 0 amide bonds. The van der Waals surface area contributed by atoms with Crippen molar-refractivity contribution in [3.8, 4) is 11.2 Å². The van der Waals surface area contributed by atoms with E-state index in [-0.39, 0.29) is 0 Å². The van der Waals surface area contributed by atoms with Gasteiger partial charge in [0.15, 0.2) is 0 Å². The third kappa shape index (κ3) is 2.81. The van der Waals surface area contributed by atoms with Gasteiger partial charge in [-0.1, -0.05) is 49.2 Å². The molecule has 1 aliphatic carbocycles. The Bertz CT molecular complexity index is 312. The fourth-order valence-corrected chi connectivity index (χ4v) is 1.40. The summed E-state index contributed by atoms with van der Waals surface area (Å²) >= 11 is 9.69. The lowest BCUT2D eigenvalue weighted by Gasteiger charge is -1.95. The SMILES string of the molecule is CC1C=C(Cl)C=CC(C#CS)=C1. The summed E-state index contributed by atoms with van der Waals surface area (Å²) in [5.74, 6) is 3.20.